The molecule has 3 aromatic rings. The summed E-state index contributed by atoms with van der Waals surface area (Å²) in [5, 5.41) is 0. The fourth-order valence-electron chi connectivity index (χ4n) is 3.23. The van der Waals surface area contributed by atoms with Gasteiger partial charge in [0.1, 0.15) is 12.4 Å². The Labute approximate surface area is 216 Å². The van der Waals surface area contributed by atoms with E-state index in [2.05, 4.69) is 66.8 Å². The lowest BCUT2D eigenvalue weighted by Gasteiger charge is -2.14. The van der Waals surface area contributed by atoms with Crippen molar-refractivity contribution in [2.24, 2.45) is 0 Å². The van der Waals surface area contributed by atoms with Crippen molar-refractivity contribution in [2.75, 3.05) is 54.2 Å². The van der Waals surface area contributed by atoms with Crippen LogP contribution in [0.5, 0.6) is 5.75 Å². The van der Waals surface area contributed by atoms with Crippen LogP contribution in [0, 0.1) is 23.7 Å². The largest absolute Gasteiger partial charge is 0.492 e. The molecule has 3 aromatic carbocycles. The molecule has 0 bridgehead atoms. The van der Waals surface area contributed by atoms with Crippen molar-refractivity contribution in [1.82, 2.24) is 9.80 Å². The molecule has 4 nitrogen and oxygen atoms in total. The van der Waals surface area contributed by atoms with Crippen LogP contribution in [0.1, 0.15) is 34.7 Å². The lowest BCUT2D eigenvalue weighted by molar-refractivity contribution is 0.0582. The van der Waals surface area contributed by atoms with Crippen LogP contribution in [-0.2, 0) is 11.2 Å². The molecule has 0 fully saturated rings. The number of rotatable bonds is 10. The maximum Gasteiger partial charge on any atom is 0.119 e. The van der Waals surface area contributed by atoms with E-state index in [-0.39, 0.29) is 0 Å². The summed E-state index contributed by atoms with van der Waals surface area (Å²) in [6.45, 7) is 6.12. The number of ether oxygens (including phenoxy) is 2. The molecule has 0 aliphatic rings. The zero-order valence-corrected chi connectivity index (χ0v) is 21.9. The van der Waals surface area contributed by atoms with Crippen molar-refractivity contribution >= 4 is 0 Å². The number of likely N-dealkylation sites (N-methyl/N-ethyl adjacent to an activating group) is 1. The van der Waals surface area contributed by atoms with Crippen molar-refractivity contribution in [3.05, 3.63) is 101 Å². The fourth-order valence-corrected chi connectivity index (χ4v) is 3.23. The Morgan fingerprint density at radius 1 is 0.639 bits per heavy atom. The summed E-state index contributed by atoms with van der Waals surface area (Å²) >= 11 is 0. The monoisotopic (exact) mass is 480 g/mol. The van der Waals surface area contributed by atoms with E-state index in [1.54, 1.807) is 0 Å². The summed E-state index contributed by atoms with van der Waals surface area (Å²) in [4.78, 5) is 4.24. The Morgan fingerprint density at radius 2 is 1.11 bits per heavy atom. The summed E-state index contributed by atoms with van der Waals surface area (Å²) in [6, 6.07) is 24.3. The van der Waals surface area contributed by atoms with E-state index in [9.17, 15) is 0 Å². The molecule has 0 heterocycles. The van der Waals surface area contributed by atoms with Gasteiger partial charge in [0, 0.05) is 28.8 Å². The zero-order valence-electron chi connectivity index (χ0n) is 21.9. The van der Waals surface area contributed by atoms with Gasteiger partial charge in [0.2, 0.25) is 0 Å². The van der Waals surface area contributed by atoms with E-state index < -0.39 is 0 Å². The first-order valence-corrected chi connectivity index (χ1v) is 12.4. The van der Waals surface area contributed by atoms with Gasteiger partial charge in [-0.05, 0) is 100 Å². The lowest BCUT2D eigenvalue weighted by Crippen LogP contribution is -2.23. The van der Waals surface area contributed by atoms with Crippen LogP contribution in [0.2, 0.25) is 0 Å². The van der Waals surface area contributed by atoms with Gasteiger partial charge in [0.05, 0.1) is 13.3 Å². The number of hydrogen-bond donors (Lipinski definition) is 0. The molecule has 0 spiro atoms. The van der Waals surface area contributed by atoms with Crippen molar-refractivity contribution in [3.8, 4) is 29.4 Å². The summed E-state index contributed by atoms with van der Waals surface area (Å²) in [5.41, 5.74) is 5.15. The van der Waals surface area contributed by atoms with Gasteiger partial charge >= 0.3 is 0 Å². The Kier molecular flexibility index (Phi) is 11.1. The predicted molar refractivity (Wildman–Crippen MR) is 148 cm³/mol. The Bertz CT molecular complexity index is 1180. The molecule has 0 aliphatic heterocycles. The van der Waals surface area contributed by atoms with Crippen molar-refractivity contribution in [3.63, 3.8) is 0 Å². The fraction of sp³-hybridized carbons (Fsp3) is 0.312. The van der Waals surface area contributed by atoms with Gasteiger partial charge < -0.3 is 14.4 Å². The maximum atomic E-state index is 5.79. The lowest BCUT2D eigenvalue weighted by atomic mass is 10.1. The molecule has 0 saturated heterocycles. The topological polar surface area (TPSA) is 24.9 Å². The number of nitrogens with zero attached hydrogens (tertiary/aromatic N) is 2. The molecule has 4 heteroatoms. The SMILES string of the molecule is CCN(C)CCOc1ccc(C#Cc2ccc(C#Cc3ccc(CCOCN(C)C)cc3)cc2)cc1. The third-order valence-corrected chi connectivity index (χ3v) is 5.56. The van der Waals surface area contributed by atoms with E-state index in [0.717, 1.165) is 54.1 Å². The minimum Gasteiger partial charge on any atom is -0.492 e. The smallest absolute Gasteiger partial charge is 0.119 e. The second-order valence-electron chi connectivity index (χ2n) is 8.91. The molecular weight excluding hydrogens is 444 g/mol. The highest BCUT2D eigenvalue weighted by atomic mass is 16.5. The molecule has 0 aromatic heterocycles. The van der Waals surface area contributed by atoms with Gasteiger partial charge in [-0.25, -0.2) is 0 Å². The normalized spacial score (nSPS) is 10.5. The van der Waals surface area contributed by atoms with Crippen LogP contribution in [-0.4, -0.2) is 64.0 Å². The zero-order chi connectivity index (χ0) is 25.6. The highest BCUT2D eigenvalue weighted by Crippen LogP contribution is 2.12. The van der Waals surface area contributed by atoms with E-state index in [1.807, 2.05) is 67.5 Å². The van der Waals surface area contributed by atoms with E-state index in [4.69, 9.17) is 9.47 Å². The molecule has 0 aliphatic carbocycles. The van der Waals surface area contributed by atoms with Crippen LogP contribution in [0.15, 0.2) is 72.8 Å². The Morgan fingerprint density at radius 3 is 1.58 bits per heavy atom. The molecule has 0 atom stereocenters. The van der Waals surface area contributed by atoms with Gasteiger partial charge in [0.25, 0.3) is 0 Å². The summed E-state index contributed by atoms with van der Waals surface area (Å²) in [6.07, 6.45) is 0.902. The minimum absolute atomic E-state index is 0.647. The second kappa shape index (κ2) is 14.8. The van der Waals surface area contributed by atoms with Crippen LogP contribution >= 0.6 is 0 Å². The average molecular weight is 481 g/mol. The van der Waals surface area contributed by atoms with Gasteiger partial charge in [-0.15, -0.1) is 0 Å². The highest BCUT2D eigenvalue weighted by Gasteiger charge is 1.98. The van der Waals surface area contributed by atoms with Gasteiger partial charge in [-0.1, -0.05) is 42.7 Å². The minimum atomic E-state index is 0.647. The highest BCUT2D eigenvalue weighted by molar-refractivity contribution is 5.48. The van der Waals surface area contributed by atoms with Crippen molar-refractivity contribution in [1.29, 1.82) is 0 Å². The molecular formula is C32H36N2O2. The molecule has 186 valence electrons. The van der Waals surface area contributed by atoms with Crippen LogP contribution in [0.25, 0.3) is 0 Å². The number of hydrogen-bond acceptors (Lipinski definition) is 4. The van der Waals surface area contributed by atoms with Gasteiger partial charge in [-0.3, -0.25) is 4.90 Å². The van der Waals surface area contributed by atoms with Crippen LogP contribution in [0.3, 0.4) is 0 Å². The Balaban J connectivity index is 1.49. The average Bonchev–Trinajstić information content (AvgIpc) is 2.90. The Hall–Kier alpha value is -3.54. The third-order valence-electron chi connectivity index (χ3n) is 5.56. The summed E-state index contributed by atoms with van der Waals surface area (Å²) in [5.74, 6) is 13.8. The predicted octanol–water partition coefficient (Wildman–Crippen LogP) is 4.89. The van der Waals surface area contributed by atoms with Crippen molar-refractivity contribution < 1.29 is 9.47 Å². The van der Waals surface area contributed by atoms with Crippen LogP contribution in [0.4, 0.5) is 0 Å². The second-order valence-corrected chi connectivity index (χ2v) is 8.91. The quantitative estimate of drug-likeness (QED) is 0.234. The number of benzene rings is 3. The van der Waals surface area contributed by atoms with Gasteiger partial charge in [-0.2, -0.15) is 0 Å². The molecule has 0 amide bonds. The molecule has 0 N–H and O–H groups in total. The van der Waals surface area contributed by atoms with Crippen LogP contribution < -0.4 is 4.74 Å². The maximum absolute atomic E-state index is 5.79. The molecule has 0 radical (unpaired) electrons. The first kappa shape index (κ1) is 27.1. The standard InChI is InChI=1S/C32H36N2O2/c1-5-34(4)23-25-36-32-20-18-30(19-21-32)13-12-28-8-6-27(7-9-28)10-11-29-14-16-31(17-15-29)22-24-35-26-33(2)3/h6-9,14-21H,5,22-26H2,1-4H3. The third kappa shape index (κ3) is 9.98. The molecule has 0 unspecified atom stereocenters. The molecule has 3 rings (SSSR count). The first-order chi connectivity index (χ1) is 17.5. The van der Waals surface area contributed by atoms with Gasteiger partial charge in [0.15, 0.2) is 0 Å². The van der Waals surface area contributed by atoms with E-state index in [0.29, 0.717) is 13.3 Å². The first-order valence-electron chi connectivity index (χ1n) is 12.4. The van der Waals surface area contributed by atoms with E-state index in [1.165, 1.54) is 5.56 Å². The molecule has 36 heavy (non-hydrogen) atoms. The summed E-state index contributed by atoms with van der Waals surface area (Å²) < 4.78 is 11.4. The van der Waals surface area contributed by atoms with Crippen molar-refractivity contribution in [2.45, 2.75) is 13.3 Å². The van der Waals surface area contributed by atoms with E-state index >= 15 is 0 Å². The summed E-state index contributed by atoms with van der Waals surface area (Å²) in [7, 11) is 6.09. The molecule has 0 saturated carbocycles.